The lowest BCUT2D eigenvalue weighted by molar-refractivity contribution is -0.117. The van der Waals surface area contributed by atoms with E-state index in [-0.39, 0.29) is 4.90 Å². The molecule has 1 unspecified atom stereocenters. The second-order valence-corrected chi connectivity index (χ2v) is 9.82. The molecule has 0 spiro atoms. The van der Waals surface area contributed by atoms with Crippen LogP contribution in [0.1, 0.15) is 20.3 Å². The molecule has 0 aliphatic carbocycles. The molecule has 0 radical (unpaired) electrons. The number of hydrogen-bond acceptors (Lipinski definition) is 8. The molecule has 3 aromatic rings. The highest BCUT2D eigenvalue weighted by molar-refractivity contribution is 7.89. The zero-order chi connectivity index (χ0) is 22.7. The van der Waals surface area contributed by atoms with Gasteiger partial charge in [-0.15, -0.1) is 0 Å². The van der Waals surface area contributed by atoms with Crippen molar-refractivity contribution in [3.63, 3.8) is 0 Å². The minimum Gasteiger partial charge on any atom is -0.494 e. The van der Waals surface area contributed by atoms with Crippen molar-refractivity contribution in [2.24, 2.45) is 0 Å². The lowest BCUT2D eigenvalue weighted by atomic mass is 10.3. The van der Waals surface area contributed by atoms with Crippen molar-refractivity contribution in [2.75, 3.05) is 25.1 Å². The van der Waals surface area contributed by atoms with E-state index < -0.39 is 22.0 Å². The molecule has 0 saturated heterocycles. The van der Waals surface area contributed by atoms with Crippen LogP contribution in [0.15, 0.2) is 41.3 Å². The number of aromatic nitrogens is 1. The first-order valence-electron chi connectivity index (χ1n) is 10.1. The highest BCUT2D eigenvalue weighted by Crippen LogP contribution is 2.32. The first kappa shape index (κ1) is 22.3. The Kier molecular flexibility index (Phi) is 6.49. The number of thiazole rings is 1. The Morgan fingerprint density at radius 3 is 2.75 bits per heavy atom. The van der Waals surface area contributed by atoms with E-state index in [9.17, 15) is 13.2 Å². The van der Waals surface area contributed by atoms with E-state index in [1.54, 1.807) is 6.07 Å². The SMILES string of the molecule is CCOc1ccc2nc(NC(=O)C(C)NS(=O)(=O)c3ccc4c(c3)OCCCO4)sc2c1. The normalized spacial score (nSPS) is 14.6. The van der Waals surface area contributed by atoms with Crippen molar-refractivity contribution in [1.29, 1.82) is 0 Å². The number of carbonyl (C=O) groups is 1. The molecular formula is C21H23N3O6S2. The summed E-state index contributed by atoms with van der Waals surface area (Å²) in [7, 11) is -3.96. The van der Waals surface area contributed by atoms with Crippen molar-refractivity contribution in [1.82, 2.24) is 9.71 Å². The van der Waals surface area contributed by atoms with Crippen LogP contribution < -0.4 is 24.2 Å². The third kappa shape index (κ3) is 4.95. The number of benzene rings is 2. The maximum absolute atomic E-state index is 12.8. The topological polar surface area (TPSA) is 116 Å². The summed E-state index contributed by atoms with van der Waals surface area (Å²) in [6.07, 6.45) is 0.713. The summed E-state index contributed by atoms with van der Waals surface area (Å²) >= 11 is 1.28. The van der Waals surface area contributed by atoms with E-state index in [0.29, 0.717) is 48.4 Å². The monoisotopic (exact) mass is 477 g/mol. The molecule has 0 saturated carbocycles. The first-order valence-corrected chi connectivity index (χ1v) is 12.4. The van der Waals surface area contributed by atoms with Crippen molar-refractivity contribution in [2.45, 2.75) is 31.2 Å². The summed E-state index contributed by atoms with van der Waals surface area (Å²) in [6.45, 7) is 4.87. The van der Waals surface area contributed by atoms with E-state index in [1.807, 2.05) is 25.1 Å². The molecule has 170 valence electrons. The minimum absolute atomic E-state index is 0.00941. The Morgan fingerprint density at radius 1 is 1.19 bits per heavy atom. The van der Waals surface area contributed by atoms with Gasteiger partial charge in [-0.3, -0.25) is 4.79 Å². The van der Waals surface area contributed by atoms with Crippen LogP contribution in [0.4, 0.5) is 5.13 Å². The van der Waals surface area contributed by atoms with Crippen molar-refractivity contribution >= 4 is 42.6 Å². The van der Waals surface area contributed by atoms with E-state index >= 15 is 0 Å². The Hall–Kier alpha value is -2.89. The van der Waals surface area contributed by atoms with Gasteiger partial charge in [0.2, 0.25) is 15.9 Å². The van der Waals surface area contributed by atoms with Gasteiger partial charge in [0.1, 0.15) is 5.75 Å². The average Bonchev–Trinajstić information content (AvgIpc) is 2.99. The highest BCUT2D eigenvalue weighted by Gasteiger charge is 2.24. The maximum Gasteiger partial charge on any atom is 0.244 e. The fourth-order valence-electron chi connectivity index (χ4n) is 3.09. The van der Waals surface area contributed by atoms with Gasteiger partial charge >= 0.3 is 0 Å². The Balaban J connectivity index is 1.45. The summed E-state index contributed by atoms with van der Waals surface area (Å²) in [5, 5.41) is 3.05. The second-order valence-electron chi connectivity index (χ2n) is 7.07. The predicted molar refractivity (Wildman–Crippen MR) is 121 cm³/mol. The van der Waals surface area contributed by atoms with Crippen molar-refractivity contribution < 1.29 is 27.4 Å². The minimum atomic E-state index is -3.96. The average molecular weight is 478 g/mol. The quantitative estimate of drug-likeness (QED) is 0.537. The summed E-state index contributed by atoms with van der Waals surface area (Å²) < 4.78 is 45.4. The number of nitrogens with one attached hydrogen (secondary N) is 2. The van der Waals surface area contributed by atoms with Gasteiger partial charge in [0, 0.05) is 12.5 Å². The lowest BCUT2D eigenvalue weighted by Gasteiger charge is -2.14. The lowest BCUT2D eigenvalue weighted by Crippen LogP contribution is -2.41. The maximum atomic E-state index is 12.8. The van der Waals surface area contributed by atoms with E-state index in [0.717, 1.165) is 10.4 Å². The standard InChI is InChI=1S/C21H23N3O6S2/c1-3-28-14-5-7-16-19(11-14)31-21(22-16)23-20(25)13(2)24-32(26,27)15-6-8-17-18(12-15)30-10-4-9-29-17/h5-8,11-13,24H,3-4,9-10H2,1-2H3,(H,22,23,25). The molecular weight excluding hydrogens is 454 g/mol. The van der Waals surface area contributed by atoms with Gasteiger partial charge in [0.25, 0.3) is 0 Å². The zero-order valence-corrected chi connectivity index (χ0v) is 19.2. The number of nitrogens with zero attached hydrogens (tertiary/aromatic N) is 1. The van der Waals surface area contributed by atoms with Crippen LogP contribution in [0.5, 0.6) is 17.2 Å². The van der Waals surface area contributed by atoms with Crippen LogP contribution in [0.25, 0.3) is 10.2 Å². The molecule has 0 fully saturated rings. The number of amides is 1. The molecule has 1 atom stereocenters. The van der Waals surface area contributed by atoms with Crippen molar-refractivity contribution in [3.05, 3.63) is 36.4 Å². The third-order valence-corrected chi connectivity index (χ3v) is 7.13. The number of hydrogen-bond donors (Lipinski definition) is 2. The molecule has 2 N–H and O–H groups in total. The molecule has 2 aromatic carbocycles. The fraction of sp³-hybridized carbons (Fsp3) is 0.333. The van der Waals surface area contributed by atoms with Gasteiger partial charge in [-0.25, -0.2) is 13.4 Å². The molecule has 4 rings (SSSR count). The number of rotatable bonds is 7. The second kappa shape index (κ2) is 9.31. The van der Waals surface area contributed by atoms with Gasteiger partial charge in [0.15, 0.2) is 16.6 Å². The van der Waals surface area contributed by atoms with Gasteiger partial charge in [-0.2, -0.15) is 4.72 Å². The summed E-state index contributed by atoms with van der Waals surface area (Å²) in [5.41, 5.74) is 0.717. The van der Waals surface area contributed by atoms with Crippen LogP contribution >= 0.6 is 11.3 Å². The molecule has 9 nitrogen and oxygen atoms in total. The Morgan fingerprint density at radius 2 is 1.97 bits per heavy atom. The smallest absolute Gasteiger partial charge is 0.244 e. The van der Waals surface area contributed by atoms with Crippen LogP contribution in [0.2, 0.25) is 0 Å². The van der Waals surface area contributed by atoms with E-state index in [1.165, 1.54) is 30.4 Å². The third-order valence-electron chi connectivity index (χ3n) is 4.66. The molecule has 1 aliphatic heterocycles. The van der Waals surface area contributed by atoms with Crippen LogP contribution in [0.3, 0.4) is 0 Å². The van der Waals surface area contributed by atoms with E-state index in [4.69, 9.17) is 14.2 Å². The first-order chi connectivity index (χ1) is 15.4. The fourth-order valence-corrected chi connectivity index (χ4v) is 5.21. The number of carbonyl (C=O) groups excluding carboxylic acids is 1. The molecule has 1 amide bonds. The molecule has 1 aliphatic rings. The van der Waals surface area contributed by atoms with Gasteiger partial charge in [0.05, 0.1) is 41.0 Å². The molecule has 11 heteroatoms. The predicted octanol–water partition coefficient (Wildman–Crippen LogP) is 3.16. The number of anilines is 1. The van der Waals surface area contributed by atoms with Crippen LogP contribution in [0, 0.1) is 0 Å². The number of ether oxygens (including phenoxy) is 3. The molecule has 32 heavy (non-hydrogen) atoms. The number of fused-ring (bicyclic) bond motifs is 2. The van der Waals surface area contributed by atoms with Crippen LogP contribution in [-0.2, 0) is 14.8 Å². The van der Waals surface area contributed by atoms with Gasteiger partial charge in [-0.1, -0.05) is 11.3 Å². The van der Waals surface area contributed by atoms with Gasteiger partial charge < -0.3 is 19.5 Å². The largest absolute Gasteiger partial charge is 0.494 e. The summed E-state index contributed by atoms with van der Waals surface area (Å²) in [6, 6.07) is 8.81. The Labute approximate surface area is 189 Å². The molecule has 0 bridgehead atoms. The zero-order valence-electron chi connectivity index (χ0n) is 17.6. The van der Waals surface area contributed by atoms with E-state index in [2.05, 4.69) is 15.0 Å². The van der Waals surface area contributed by atoms with Crippen molar-refractivity contribution in [3.8, 4) is 17.2 Å². The number of sulfonamides is 1. The van der Waals surface area contributed by atoms with Gasteiger partial charge in [-0.05, 0) is 44.2 Å². The molecule has 2 heterocycles. The highest BCUT2D eigenvalue weighted by atomic mass is 32.2. The molecule has 1 aromatic heterocycles. The Bertz CT molecular complexity index is 1240. The summed E-state index contributed by atoms with van der Waals surface area (Å²) in [4.78, 5) is 17.0. The van der Waals surface area contributed by atoms with Crippen LogP contribution in [-0.4, -0.2) is 45.2 Å². The summed E-state index contributed by atoms with van der Waals surface area (Å²) in [5.74, 6) is 1.06.